The minimum atomic E-state index is -1.17. The Hall–Kier alpha value is -2.21. The van der Waals surface area contributed by atoms with E-state index >= 15 is 0 Å². The van der Waals surface area contributed by atoms with Gasteiger partial charge in [0.25, 0.3) is 5.69 Å². The number of hydrogen-bond acceptors (Lipinski definition) is 4. The number of nitrogens with zero attached hydrogens (tertiary/aromatic N) is 1. The van der Waals surface area contributed by atoms with Crippen molar-refractivity contribution in [3.8, 4) is 11.1 Å². The van der Waals surface area contributed by atoms with Crippen molar-refractivity contribution >= 4 is 23.0 Å². The largest absolute Gasteiger partial charge is 0.478 e. The number of carboxylic acid groups (broad SMARTS) is 1. The van der Waals surface area contributed by atoms with Gasteiger partial charge < -0.3 is 5.11 Å². The molecule has 0 atom stereocenters. The van der Waals surface area contributed by atoms with E-state index in [1.54, 1.807) is 0 Å². The summed E-state index contributed by atoms with van der Waals surface area (Å²) in [5, 5.41) is 21.6. The molecule has 0 spiro atoms. The van der Waals surface area contributed by atoms with E-state index in [2.05, 4.69) is 0 Å². The predicted octanol–water partition coefficient (Wildman–Crippen LogP) is 3.33. The van der Waals surface area contributed by atoms with Gasteiger partial charge in [-0.25, -0.2) is 4.79 Å². The van der Waals surface area contributed by atoms with Crippen molar-refractivity contribution < 1.29 is 14.8 Å². The summed E-state index contributed by atoms with van der Waals surface area (Å²) in [6.07, 6.45) is 0. The number of thiophene rings is 1. The molecule has 0 aliphatic rings. The Balaban J connectivity index is 2.60. The summed E-state index contributed by atoms with van der Waals surface area (Å²) in [7, 11) is 0. The Morgan fingerprint density at radius 1 is 1.28 bits per heavy atom. The molecule has 0 fully saturated rings. The maximum atomic E-state index is 10.9. The fourth-order valence-electron chi connectivity index (χ4n) is 1.60. The molecule has 1 aromatic carbocycles. The number of non-ortho nitro benzene ring substituents is 1. The van der Waals surface area contributed by atoms with E-state index in [0.717, 1.165) is 16.5 Å². The average molecular weight is 263 g/mol. The number of carbonyl (C=O) groups is 1. The third-order valence-corrected chi connectivity index (χ3v) is 3.30. The van der Waals surface area contributed by atoms with Gasteiger partial charge in [-0.2, -0.15) is 0 Å². The zero-order valence-electron chi connectivity index (χ0n) is 9.41. The summed E-state index contributed by atoms with van der Waals surface area (Å²) >= 11 is 1.51. The van der Waals surface area contributed by atoms with Crippen LogP contribution in [0.1, 0.15) is 15.2 Å². The molecule has 6 heteroatoms. The first kappa shape index (κ1) is 12.3. The topological polar surface area (TPSA) is 80.4 Å². The molecule has 0 saturated carbocycles. The standard InChI is InChI=1S/C12H9NO4S/c1-7-2-10(6-18-7)8-3-9(12(14)15)5-11(4-8)13(16)17/h2-6H,1H3,(H,14,15). The Bertz CT molecular complexity index is 601. The molecule has 2 rings (SSSR count). The highest BCUT2D eigenvalue weighted by molar-refractivity contribution is 7.10. The molecule has 0 saturated heterocycles. The van der Waals surface area contributed by atoms with Crippen molar-refractivity contribution in [2.75, 3.05) is 0 Å². The highest BCUT2D eigenvalue weighted by atomic mass is 32.1. The summed E-state index contributed by atoms with van der Waals surface area (Å²) in [5.74, 6) is -1.17. The Kier molecular flexibility index (Phi) is 3.12. The van der Waals surface area contributed by atoms with Crippen molar-refractivity contribution in [3.05, 3.63) is 50.2 Å². The van der Waals surface area contributed by atoms with Crippen LogP contribution in [0.5, 0.6) is 0 Å². The number of nitro benzene ring substituents is 1. The second kappa shape index (κ2) is 4.58. The average Bonchev–Trinajstić information content (AvgIpc) is 2.75. The van der Waals surface area contributed by atoms with E-state index in [1.165, 1.54) is 23.5 Å². The van der Waals surface area contributed by atoms with Crippen LogP contribution >= 0.6 is 11.3 Å². The van der Waals surface area contributed by atoms with Gasteiger partial charge in [-0.05, 0) is 35.6 Å². The number of hydrogen-bond donors (Lipinski definition) is 1. The van der Waals surface area contributed by atoms with Crippen molar-refractivity contribution in [1.82, 2.24) is 0 Å². The summed E-state index contributed by atoms with van der Waals surface area (Å²) in [6, 6.07) is 5.76. The van der Waals surface area contributed by atoms with Crippen molar-refractivity contribution in [2.24, 2.45) is 0 Å². The van der Waals surface area contributed by atoms with E-state index in [1.807, 2.05) is 18.4 Å². The number of carboxylic acids is 1. The van der Waals surface area contributed by atoms with Crippen LogP contribution in [0.3, 0.4) is 0 Å². The number of nitro groups is 1. The van der Waals surface area contributed by atoms with Gasteiger partial charge in [0.1, 0.15) is 0 Å². The molecule has 1 N–H and O–H groups in total. The quantitative estimate of drug-likeness (QED) is 0.680. The molecule has 5 nitrogen and oxygen atoms in total. The molecule has 0 aliphatic carbocycles. The van der Waals surface area contributed by atoms with E-state index < -0.39 is 10.9 Å². The van der Waals surface area contributed by atoms with E-state index in [4.69, 9.17) is 5.11 Å². The lowest BCUT2D eigenvalue weighted by atomic mass is 10.0. The van der Waals surface area contributed by atoms with Gasteiger partial charge in [0, 0.05) is 17.0 Å². The summed E-state index contributed by atoms with van der Waals surface area (Å²) in [6.45, 7) is 1.92. The molecule has 92 valence electrons. The molecule has 1 aromatic heterocycles. The van der Waals surface area contributed by atoms with Crippen molar-refractivity contribution in [1.29, 1.82) is 0 Å². The van der Waals surface area contributed by atoms with E-state index in [0.29, 0.717) is 5.56 Å². The minimum Gasteiger partial charge on any atom is -0.478 e. The van der Waals surface area contributed by atoms with Crippen LogP contribution in [0.4, 0.5) is 5.69 Å². The second-order valence-corrected chi connectivity index (χ2v) is 4.89. The monoisotopic (exact) mass is 263 g/mol. The number of aromatic carboxylic acids is 1. The molecule has 1 heterocycles. The van der Waals surface area contributed by atoms with Gasteiger partial charge >= 0.3 is 5.97 Å². The molecular weight excluding hydrogens is 254 g/mol. The highest BCUT2D eigenvalue weighted by Crippen LogP contribution is 2.29. The maximum absolute atomic E-state index is 10.9. The third kappa shape index (κ3) is 2.38. The van der Waals surface area contributed by atoms with Crippen molar-refractivity contribution in [2.45, 2.75) is 6.92 Å². The van der Waals surface area contributed by atoms with Crippen LogP contribution in [0.15, 0.2) is 29.6 Å². The number of rotatable bonds is 3. The minimum absolute atomic E-state index is 0.0805. The summed E-state index contributed by atoms with van der Waals surface area (Å²) < 4.78 is 0. The van der Waals surface area contributed by atoms with Gasteiger partial charge in [0.15, 0.2) is 0 Å². The first-order valence-electron chi connectivity index (χ1n) is 5.05. The van der Waals surface area contributed by atoms with Crippen LogP contribution in [0.2, 0.25) is 0 Å². The second-order valence-electron chi connectivity index (χ2n) is 3.78. The fraction of sp³-hybridized carbons (Fsp3) is 0.0833. The summed E-state index contributed by atoms with van der Waals surface area (Å²) in [5.41, 5.74) is 1.05. The SMILES string of the molecule is Cc1cc(-c2cc(C(=O)O)cc([N+](=O)[O-])c2)cs1. The van der Waals surface area contributed by atoms with Crippen LogP contribution in [0, 0.1) is 17.0 Å². The Labute approximate surface area is 106 Å². The molecule has 18 heavy (non-hydrogen) atoms. The van der Waals surface area contributed by atoms with Gasteiger partial charge in [0.05, 0.1) is 10.5 Å². The lowest BCUT2D eigenvalue weighted by Crippen LogP contribution is -1.99. The molecule has 2 aromatic rings. The van der Waals surface area contributed by atoms with Gasteiger partial charge in [0.2, 0.25) is 0 Å². The highest BCUT2D eigenvalue weighted by Gasteiger charge is 2.15. The first-order chi connectivity index (χ1) is 8.47. The lowest BCUT2D eigenvalue weighted by molar-refractivity contribution is -0.384. The summed E-state index contributed by atoms with van der Waals surface area (Å²) in [4.78, 5) is 22.2. The van der Waals surface area contributed by atoms with Crippen LogP contribution < -0.4 is 0 Å². The third-order valence-electron chi connectivity index (χ3n) is 2.44. The first-order valence-corrected chi connectivity index (χ1v) is 5.93. The molecular formula is C12H9NO4S. The van der Waals surface area contributed by atoms with E-state index in [9.17, 15) is 14.9 Å². The van der Waals surface area contributed by atoms with Crippen LogP contribution in [-0.4, -0.2) is 16.0 Å². The number of aryl methyl sites for hydroxylation is 1. The Morgan fingerprint density at radius 2 is 2.00 bits per heavy atom. The molecule has 0 bridgehead atoms. The maximum Gasteiger partial charge on any atom is 0.335 e. The normalized spacial score (nSPS) is 10.3. The fourth-order valence-corrected chi connectivity index (χ4v) is 2.31. The molecule has 0 aliphatic heterocycles. The van der Waals surface area contributed by atoms with Gasteiger partial charge in [-0.1, -0.05) is 0 Å². The van der Waals surface area contributed by atoms with E-state index in [-0.39, 0.29) is 11.3 Å². The number of benzene rings is 1. The molecule has 0 radical (unpaired) electrons. The van der Waals surface area contributed by atoms with Crippen LogP contribution in [-0.2, 0) is 0 Å². The molecule has 0 unspecified atom stereocenters. The van der Waals surface area contributed by atoms with Crippen molar-refractivity contribution in [3.63, 3.8) is 0 Å². The lowest BCUT2D eigenvalue weighted by Gasteiger charge is -2.01. The zero-order chi connectivity index (χ0) is 13.3. The smallest absolute Gasteiger partial charge is 0.335 e. The zero-order valence-corrected chi connectivity index (χ0v) is 10.2. The van der Waals surface area contributed by atoms with Crippen LogP contribution in [0.25, 0.3) is 11.1 Å². The molecule has 0 amide bonds. The van der Waals surface area contributed by atoms with Gasteiger partial charge in [-0.15, -0.1) is 11.3 Å². The predicted molar refractivity (Wildman–Crippen MR) is 68.1 cm³/mol. The Morgan fingerprint density at radius 3 is 2.50 bits per heavy atom. The van der Waals surface area contributed by atoms with Gasteiger partial charge in [-0.3, -0.25) is 10.1 Å².